The number of nitrogens with zero attached hydrogens (tertiary/aromatic N) is 1. The first-order chi connectivity index (χ1) is 9.56. The first-order valence-electron chi connectivity index (χ1n) is 7.08. The summed E-state index contributed by atoms with van der Waals surface area (Å²) in [5.41, 5.74) is 0.508. The molecule has 1 atom stereocenters. The molecule has 1 fully saturated rings. The van der Waals surface area contributed by atoms with Crippen LogP contribution in [0.4, 0.5) is 0 Å². The monoisotopic (exact) mass is 388 g/mol. The summed E-state index contributed by atoms with van der Waals surface area (Å²) >= 11 is 2.04. The van der Waals surface area contributed by atoms with Gasteiger partial charge in [-0.2, -0.15) is 0 Å². The normalized spacial score (nSPS) is 17.7. The molecule has 1 heterocycles. The Morgan fingerprint density at radius 3 is 2.75 bits per heavy atom. The van der Waals surface area contributed by atoms with E-state index >= 15 is 0 Å². The average Bonchev–Trinajstić information content (AvgIpc) is 2.42. The molecule has 1 amide bonds. The van der Waals surface area contributed by atoms with Crippen LogP contribution in [0, 0.1) is 3.57 Å². The van der Waals surface area contributed by atoms with E-state index < -0.39 is 0 Å². The van der Waals surface area contributed by atoms with Gasteiger partial charge in [-0.1, -0.05) is 6.42 Å². The molecule has 1 aromatic carbocycles. The summed E-state index contributed by atoms with van der Waals surface area (Å²) in [6, 6.07) is 5.12. The number of carbonyl (C=O) groups excluding carboxylic acids is 1. The second kappa shape index (κ2) is 7.26. The Balaban J connectivity index is 1.87. The molecule has 1 aliphatic heterocycles. The van der Waals surface area contributed by atoms with E-state index in [1.54, 1.807) is 12.1 Å². The number of rotatable bonds is 4. The van der Waals surface area contributed by atoms with Gasteiger partial charge in [0, 0.05) is 18.2 Å². The molecular formula is C15H21IN2O2. The van der Waals surface area contributed by atoms with Crippen molar-refractivity contribution in [2.45, 2.75) is 32.2 Å². The summed E-state index contributed by atoms with van der Waals surface area (Å²) in [6.07, 6.45) is 3.83. The van der Waals surface area contributed by atoms with E-state index in [9.17, 15) is 9.90 Å². The zero-order valence-electron chi connectivity index (χ0n) is 11.7. The van der Waals surface area contributed by atoms with Gasteiger partial charge in [0.2, 0.25) is 0 Å². The maximum Gasteiger partial charge on any atom is 0.251 e. The van der Waals surface area contributed by atoms with Crippen LogP contribution in [0.25, 0.3) is 0 Å². The molecule has 0 spiro atoms. The van der Waals surface area contributed by atoms with Crippen LogP contribution < -0.4 is 5.32 Å². The van der Waals surface area contributed by atoms with Crippen LogP contribution in [0.1, 0.15) is 36.5 Å². The maximum absolute atomic E-state index is 12.1. The number of phenolic OH excluding ortho intramolecular Hbond substituents is 1. The van der Waals surface area contributed by atoms with Crippen molar-refractivity contribution in [2.75, 3.05) is 19.6 Å². The highest BCUT2D eigenvalue weighted by molar-refractivity contribution is 14.1. The minimum Gasteiger partial charge on any atom is -0.507 e. The average molecular weight is 388 g/mol. The van der Waals surface area contributed by atoms with E-state index in [4.69, 9.17) is 0 Å². The van der Waals surface area contributed by atoms with Crippen LogP contribution in [0.3, 0.4) is 0 Å². The van der Waals surface area contributed by atoms with Crippen molar-refractivity contribution in [3.8, 4) is 5.75 Å². The zero-order valence-corrected chi connectivity index (χ0v) is 13.9. The van der Waals surface area contributed by atoms with Crippen molar-refractivity contribution in [3.63, 3.8) is 0 Å². The van der Waals surface area contributed by atoms with E-state index in [0.717, 1.165) is 23.2 Å². The van der Waals surface area contributed by atoms with Crippen LogP contribution in [0.15, 0.2) is 18.2 Å². The summed E-state index contributed by atoms with van der Waals surface area (Å²) < 4.78 is 0.750. The van der Waals surface area contributed by atoms with Crippen LogP contribution >= 0.6 is 22.6 Å². The standard InChI is InChI=1S/C15H21IN2O2/c1-11(10-18-7-3-2-4-8-18)17-15(20)12-5-6-13(16)14(19)9-12/h5-6,9,11,19H,2-4,7-8,10H2,1H3,(H,17,20). The topological polar surface area (TPSA) is 52.6 Å². The molecular weight excluding hydrogens is 367 g/mol. The lowest BCUT2D eigenvalue weighted by Crippen LogP contribution is -2.43. The Bertz CT molecular complexity index is 473. The lowest BCUT2D eigenvalue weighted by Gasteiger charge is -2.29. The predicted octanol–water partition coefficient (Wildman–Crippen LogP) is 2.60. The Labute approximate surface area is 133 Å². The smallest absolute Gasteiger partial charge is 0.251 e. The number of halogens is 1. The van der Waals surface area contributed by atoms with E-state index in [-0.39, 0.29) is 17.7 Å². The summed E-state index contributed by atoms with van der Waals surface area (Å²) in [5, 5.41) is 12.6. The molecule has 110 valence electrons. The summed E-state index contributed by atoms with van der Waals surface area (Å²) in [5.74, 6) is 0.0307. The van der Waals surface area contributed by atoms with Gasteiger partial charge in [-0.05, 0) is 73.6 Å². The fourth-order valence-corrected chi connectivity index (χ4v) is 2.87. The highest BCUT2D eigenvalue weighted by Crippen LogP contribution is 2.20. The molecule has 2 N–H and O–H groups in total. The molecule has 0 saturated carbocycles. The molecule has 5 heteroatoms. The molecule has 0 aromatic heterocycles. The molecule has 4 nitrogen and oxygen atoms in total. The summed E-state index contributed by atoms with van der Waals surface area (Å²) in [4.78, 5) is 14.5. The van der Waals surface area contributed by atoms with E-state index in [0.29, 0.717) is 5.56 Å². The van der Waals surface area contributed by atoms with Crippen molar-refractivity contribution in [1.82, 2.24) is 10.2 Å². The molecule has 2 rings (SSSR count). The Kier molecular flexibility index (Phi) is 5.65. The molecule has 0 bridgehead atoms. The van der Waals surface area contributed by atoms with Gasteiger partial charge in [-0.25, -0.2) is 0 Å². The van der Waals surface area contributed by atoms with Crippen molar-refractivity contribution < 1.29 is 9.90 Å². The van der Waals surface area contributed by atoms with Crippen LogP contribution in [0.2, 0.25) is 0 Å². The number of likely N-dealkylation sites (tertiary alicyclic amines) is 1. The summed E-state index contributed by atoms with van der Waals surface area (Å²) in [7, 11) is 0. The van der Waals surface area contributed by atoms with Gasteiger partial charge in [0.25, 0.3) is 5.91 Å². The number of hydrogen-bond acceptors (Lipinski definition) is 3. The van der Waals surface area contributed by atoms with Crippen LogP contribution in [0.5, 0.6) is 5.75 Å². The number of nitrogens with one attached hydrogen (secondary N) is 1. The largest absolute Gasteiger partial charge is 0.507 e. The minimum atomic E-state index is -0.124. The van der Waals surface area contributed by atoms with Crippen molar-refractivity contribution in [2.24, 2.45) is 0 Å². The van der Waals surface area contributed by atoms with Crippen LogP contribution in [-0.2, 0) is 0 Å². The number of phenols is 1. The van der Waals surface area contributed by atoms with E-state index in [1.807, 2.05) is 29.5 Å². The number of benzene rings is 1. The second-order valence-corrected chi connectivity index (χ2v) is 6.56. The number of aromatic hydroxyl groups is 1. The first kappa shape index (κ1) is 15.6. The molecule has 0 aliphatic carbocycles. The van der Waals surface area contributed by atoms with Crippen LogP contribution in [-0.4, -0.2) is 41.6 Å². The molecule has 1 aromatic rings. The SMILES string of the molecule is CC(CN1CCCCC1)NC(=O)c1ccc(I)c(O)c1. The third kappa shape index (κ3) is 4.34. The van der Waals surface area contributed by atoms with Gasteiger partial charge in [-0.15, -0.1) is 0 Å². The van der Waals surface area contributed by atoms with Gasteiger partial charge >= 0.3 is 0 Å². The lowest BCUT2D eigenvalue weighted by atomic mass is 10.1. The number of piperidine rings is 1. The van der Waals surface area contributed by atoms with Crippen molar-refractivity contribution >= 4 is 28.5 Å². The predicted molar refractivity (Wildman–Crippen MR) is 88.0 cm³/mol. The van der Waals surface area contributed by atoms with Gasteiger partial charge in [0.05, 0.1) is 3.57 Å². The zero-order chi connectivity index (χ0) is 14.5. The number of amides is 1. The molecule has 20 heavy (non-hydrogen) atoms. The second-order valence-electron chi connectivity index (χ2n) is 5.40. The van der Waals surface area contributed by atoms with Crippen molar-refractivity contribution in [1.29, 1.82) is 0 Å². The van der Waals surface area contributed by atoms with Crippen molar-refractivity contribution in [3.05, 3.63) is 27.3 Å². The lowest BCUT2D eigenvalue weighted by molar-refractivity contribution is 0.0925. The van der Waals surface area contributed by atoms with Gasteiger partial charge in [-0.3, -0.25) is 4.79 Å². The van der Waals surface area contributed by atoms with Gasteiger partial charge in [0.15, 0.2) is 0 Å². The third-order valence-corrected chi connectivity index (χ3v) is 4.48. The van der Waals surface area contributed by atoms with Gasteiger partial charge < -0.3 is 15.3 Å². The molecule has 0 radical (unpaired) electrons. The molecule has 1 unspecified atom stereocenters. The number of carbonyl (C=O) groups is 1. The minimum absolute atomic E-state index is 0.113. The maximum atomic E-state index is 12.1. The quantitative estimate of drug-likeness (QED) is 0.780. The fraction of sp³-hybridized carbons (Fsp3) is 0.533. The summed E-state index contributed by atoms with van der Waals surface area (Å²) in [6.45, 7) is 5.18. The Morgan fingerprint density at radius 2 is 2.10 bits per heavy atom. The Morgan fingerprint density at radius 1 is 1.40 bits per heavy atom. The Hall–Kier alpha value is -0.820. The third-order valence-electron chi connectivity index (χ3n) is 3.57. The molecule has 1 aliphatic rings. The molecule has 1 saturated heterocycles. The van der Waals surface area contributed by atoms with E-state index in [1.165, 1.54) is 25.3 Å². The highest BCUT2D eigenvalue weighted by atomic mass is 127. The fourth-order valence-electron chi connectivity index (χ4n) is 2.54. The highest BCUT2D eigenvalue weighted by Gasteiger charge is 2.16. The first-order valence-corrected chi connectivity index (χ1v) is 8.16. The van der Waals surface area contributed by atoms with E-state index in [2.05, 4.69) is 10.2 Å². The van der Waals surface area contributed by atoms with Gasteiger partial charge in [0.1, 0.15) is 5.75 Å². The number of hydrogen-bond donors (Lipinski definition) is 2.